The molecule has 0 amide bonds. The first-order chi connectivity index (χ1) is 4.72. The summed E-state index contributed by atoms with van der Waals surface area (Å²) in [6, 6.07) is 0. The molecule has 2 heteroatoms. The van der Waals surface area contributed by atoms with Gasteiger partial charge in [0.25, 0.3) is 0 Å². The second-order valence-corrected chi connectivity index (χ2v) is 1.61. The number of carbonyl (C=O) groups is 1. The Hall–Kier alpha value is -1.31. The van der Waals surface area contributed by atoms with Crippen LogP contribution in [0.2, 0.25) is 0 Å². The zero-order valence-corrected chi connectivity index (χ0v) is 5.96. The molecule has 0 spiro atoms. The zero-order valence-electron chi connectivity index (χ0n) is 5.96. The molecule has 0 aliphatic heterocycles. The van der Waals surface area contributed by atoms with E-state index in [9.17, 15) is 4.79 Å². The average Bonchev–Trinajstić information content (AvgIpc) is 1.98. The Kier molecular flexibility index (Phi) is 3.96. The molecule has 0 rings (SSSR count). The third-order valence-corrected chi connectivity index (χ3v) is 0.881. The molecule has 0 radical (unpaired) electrons. The summed E-state index contributed by atoms with van der Waals surface area (Å²) in [5.41, 5.74) is 0.322. The van der Waals surface area contributed by atoms with Crippen LogP contribution in [0, 0.1) is 0 Å². The molecule has 0 aliphatic rings. The summed E-state index contributed by atoms with van der Waals surface area (Å²) in [6.07, 6.45) is 4.73. The maximum atomic E-state index is 10.6. The van der Waals surface area contributed by atoms with Gasteiger partial charge in [0.2, 0.25) is 0 Å². The molecule has 0 aromatic rings. The first kappa shape index (κ1) is 8.69. The van der Waals surface area contributed by atoms with E-state index in [4.69, 9.17) is 0 Å². The van der Waals surface area contributed by atoms with E-state index < -0.39 is 5.97 Å². The van der Waals surface area contributed by atoms with Gasteiger partial charge in [-0.25, -0.2) is 4.79 Å². The van der Waals surface area contributed by atoms with Crippen molar-refractivity contribution in [3.05, 3.63) is 37.0 Å². The molecular weight excluding hydrogens is 128 g/mol. The van der Waals surface area contributed by atoms with Crippen LogP contribution >= 0.6 is 0 Å². The van der Waals surface area contributed by atoms with Gasteiger partial charge in [-0.15, -0.1) is 0 Å². The third kappa shape index (κ3) is 2.87. The van der Waals surface area contributed by atoms with Gasteiger partial charge in [-0.3, -0.25) is 0 Å². The van der Waals surface area contributed by atoms with Crippen molar-refractivity contribution in [1.29, 1.82) is 0 Å². The van der Waals surface area contributed by atoms with E-state index in [1.54, 1.807) is 18.2 Å². The Morgan fingerprint density at radius 1 is 1.60 bits per heavy atom. The first-order valence-electron chi connectivity index (χ1n) is 2.78. The lowest BCUT2D eigenvalue weighted by molar-refractivity contribution is -0.135. The van der Waals surface area contributed by atoms with Crippen molar-refractivity contribution >= 4 is 5.97 Å². The molecule has 0 aliphatic carbocycles. The van der Waals surface area contributed by atoms with Crippen molar-refractivity contribution in [2.45, 2.75) is 0 Å². The van der Waals surface area contributed by atoms with E-state index in [1.165, 1.54) is 7.11 Å². The van der Waals surface area contributed by atoms with E-state index in [0.29, 0.717) is 5.57 Å². The predicted molar refractivity (Wildman–Crippen MR) is 40.5 cm³/mol. The smallest absolute Gasteiger partial charge is 0.337 e. The number of hydrogen-bond donors (Lipinski definition) is 0. The Morgan fingerprint density at radius 2 is 2.20 bits per heavy atom. The summed E-state index contributed by atoms with van der Waals surface area (Å²) in [5, 5.41) is 0. The van der Waals surface area contributed by atoms with Crippen molar-refractivity contribution in [2.24, 2.45) is 0 Å². The standard InChI is InChI=1S/C8H10O2/c1-4-5-6-7(2)8(9)10-3/h4-6H,1-2H2,3H3/b6-5+. The van der Waals surface area contributed by atoms with Crippen molar-refractivity contribution in [2.75, 3.05) is 7.11 Å². The highest BCUT2D eigenvalue weighted by Crippen LogP contribution is 1.94. The lowest BCUT2D eigenvalue weighted by Crippen LogP contribution is -2.00. The summed E-state index contributed by atoms with van der Waals surface area (Å²) >= 11 is 0. The summed E-state index contributed by atoms with van der Waals surface area (Å²) in [4.78, 5) is 10.6. The van der Waals surface area contributed by atoms with E-state index >= 15 is 0 Å². The zero-order chi connectivity index (χ0) is 7.98. The van der Waals surface area contributed by atoms with Gasteiger partial charge in [-0.05, 0) is 6.08 Å². The fourth-order valence-corrected chi connectivity index (χ4v) is 0.383. The summed E-state index contributed by atoms with van der Waals surface area (Å²) < 4.78 is 4.39. The van der Waals surface area contributed by atoms with Crippen LogP contribution in [0.15, 0.2) is 37.0 Å². The second kappa shape index (κ2) is 4.56. The number of allylic oxidation sites excluding steroid dienone is 2. The van der Waals surface area contributed by atoms with E-state index in [0.717, 1.165) is 0 Å². The Morgan fingerprint density at radius 3 is 2.60 bits per heavy atom. The predicted octanol–water partition coefficient (Wildman–Crippen LogP) is 1.46. The highest BCUT2D eigenvalue weighted by atomic mass is 16.5. The van der Waals surface area contributed by atoms with Gasteiger partial charge in [0, 0.05) is 0 Å². The number of hydrogen-bond acceptors (Lipinski definition) is 2. The maximum absolute atomic E-state index is 10.6. The molecule has 10 heavy (non-hydrogen) atoms. The minimum absolute atomic E-state index is 0.322. The third-order valence-electron chi connectivity index (χ3n) is 0.881. The molecule has 0 saturated carbocycles. The van der Waals surface area contributed by atoms with Crippen LogP contribution in [0.4, 0.5) is 0 Å². The average molecular weight is 138 g/mol. The van der Waals surface area contributed by atoms with E-state index in [2.05, 4.69) is 17.9 Å². The molecule has 0 bridgehead atoms. The van der Waals surface area contributed by atoms with Crippen molar-refractivity contribution < 1.29 is 9.53 Å². The molecule has 0 saturated heterocycles. The molecule has 0 heterocycles. The van der Waals surface area contributed by atoms with Gasteiger partial charge in [0.15, 0.2) is 0 Å². The van der Waals surface area contributed by atoms with Crippen LogP contribution in [-0.4, -0.2) is 13.1 Å². The van der Waals surface area contributed by atoms with Gasteiger partial charge in [0.1, 0.15) is 0 Å². The molecule has 0 fully saturated rings. The van der Waals surface area contributed by atoms with Crippen molar-refractivity contribution in [3.63, 3.8) is 0 Å². The Bertz CT molecular complexity index is 178. The number of ether oxygens (including phenoxy) is 1. The molecule has 0 N–H and O–H groups in total. The minimum Gasteiger partial charge on any atom is -0.465 e. The minimum atomic E-state index is -0.418. The molecule has 0 unspecified atom stereocenters. The van der Waals surface area contributed by atoms with Crippen molar-refractivity contribution in [1.82, 2.24) is 0 Å². The largest absolute Gasteiger partial charge is 0.465 e. The van der Waals surface area contributed by atoms with Crippen LogP contribution in [0.1, 0.15) is 0 Å². The fourth-order valence-electron chi connectivity index (χ4n) is 0.383. The number of rotatable bonds is 3. The SMILES string of the molecule is C=C/C=C/C(=C)C(=O)OC. The summed E-state index contributed by atoms with van der Waals surface area (Å²) in [5.74, 6) is -0.418. The Balaban J connectivity index is 3.97. The van der Waals surface area contributed by atoms with Gasteiger partial charge in [-0.1, -0.05) is 25.3 Å². The van der Waals surface area contributed by atoms with Gasteiger partial charge in [0.05, 0.1) is 12.7 Å². The normalized spacial score (nSPS) is 9.30. The van der Waals surface area contributed by atoms with Crippen molar-refractivity contribution in [3.8, 4) is 0 Å². The lowest BCUT2D eigenvalue weighted by Gasteiger charge is -1.94. The second-order valence-electron chi connectivity index (χ2n) is 1.61. The molecule has 0 aromatic carbocycles. The van der Waals surface area contributed by atoms with Gasteiger partial charge in [-0.2, -0.15) is 0 Å². The van der Waals surface area contributed by atoms with Crippen LogP contribution in [0.25, 0.3) is 0 Å². The summed E-state index contributed by atoms with van der Waals surface area (Å²) in [6.45, 7) is 6.89. The van der Waals surface area contributed by atoms with Crippen LogP contribution in [0.5, 0.6) is 0 Å². The molecule has 2 nitrogen and oxygen atoms in total. The monoisotopic (exact) mass is 138 g/mol. The van der Waals surface area contributed by atoms with E-state index in [1.807, 2.05) is 0 Å². The first-order valence-corrected chi connectivity index (χ1v) is 2.78. The molecule has 54 valence electrons. The van der Waals surface area contributed by atoms with Crippen LogP contribution in [0.3, 0.4) is 0 Å². The summed E-state index contributed by atoms with van der Waals surface area (Å²) in [7, 11) is 1.31. The topological polar surface area (TPSA) is 26.3 Å². The fraction of sp³-hybridized carbons (Fsp3) is 0.125. The molecule has 0 atom stereocenters. The maximum Gasteiger partial charge on any atom is 0.337 e. The number of esters is 1. The van der Waals surface area contributed by atoms with Gasteiger partial charge < -0.3 is 4.74 Å². The van der Waals surface area contributed by atoms with Crippen LogP contribution in [-0.2, 0) is 9.53 Å². The lowest BCUT2D eigenvalue weighted by atomic mass is 10.3. The van der Waals surface area contributed by atoms with Gasteiger partial charge >= 0.3 is 5.97 Å². The quantitative estimate of drug-likeness (QED) is 0.335. The highest BCUT2D eigenvalue weighted by Gasteiger charge is 1.99. The van der Waals surface area contributed by atoms with E-state index in [-0.39, 0.29) is 0 Å². The highest BCUT2D eigenvalue weighted by molar-refractivity contribution is 5.90. The number of carbonyl (C=O) groups excluding carboxylic acids is 1. The Labute approximate surface area is 60.5 Å². The molecule has 0 aromatic heterocycles. The van der Waals surface area contributed by atoms with Crippen LogP contribution < -0.4 is 0 Å². The molecular formula is C8H10O2. The number of methoxy groups -OCH3 is 1.